The van der Waals surface area contributed by atoms with Crippen molar-refractivity contribution in [2.45, 2.75) is 168 Å². The zero-order chi connectivity index (χ0) is 32.9. The Labute approximate surface area is 274 Å². The summed E-state index contributed by atoms with van der Waals surface area (Å²) < 4.78 is 14.2. The summed E-state index contributed by atoms with van der Waals surface area (Å²) in [4.78, 5) is 0. The Balaban J connectivity index is 1.57. The van der Waals surface area contributed by atoms with Crippen LogP contribution in [0.25, 0.3) is 0 Å². The second kappa shape index (κ2) is 13.1. The minimum absolute atomic E-state index is 0.0233. The highest BCUT2D eigenvalue weighted by atomic mass is 28.4. The third kappa shape index (κ3) is 7.86. The normalized spacial score (nSPS) is 34.2. The van der Waals surface area contributed by atoms with E-state index in [1.165, 1.54) is 56.1 Å². The molecule has 4 aliphatic rings. The van der Waals surface area contributed by atoms with Gasteiger partial charge in [0.05, 0.1) is 18.3 Å². The molecule has 0 aromatic rings. The first-order valence-electron chi connectivity index (χ1n) is 18.0. The molecule has 3 nitrogen and oxygen atoms in total. The maximum Gasteiger partial charge on any atom is 0.192 e. The zero-order valence-corrected chi connectivity index (χ0v) is 32.7. The zero-order valence-electron chi connectivity index (χ0n) is 30.7. The molecule has 0 spiro atoms. The highest BCUT2D eigenvalue weighted by molar-refractivity contribution is 6.74. The van der Waals surface area contributed by atoms with Gasteiger partial charge in [-0.2, -0.15) is 0 Å². The molecule has 4 saturated carbocycles. The molecule has 0 aromatic heterocycles. The molecule has 4 rings (SSSR count). The lowest BCUT2D eigenvalue weighted by Gasteiger charge is -2.45. The molecule has 0 heterocycles. The average Bonchev–Trinajstić information content (AvgIpc) is 3.68. The van der Waals surface area contributed by atoms with E-state index in [4.69, 9.17) is 8.85 Å². The lowest BCUT2D eigenvalue weighted by atomic mass is 9.61. The Morgan fingerprint density at radius 3 is 2.11 bits per heavy atom. The molecule has 4 aliphatic carbocycles. The smallest absolute Gasteiger partial charge is 0.192 e. The van der Waals surface area contributed by atoms with Gasteiger partial charge in [0, 0.05) is 6.42 Å². The predicted octanol–water partition coefficient (Wildman–Crippen LogP) is 11.1. The summed E-state index contributed by atoms with van der Waals surface area (Å²) >= 11 is 0. The van der Waals surface area contributed by atoms with Gasteiger partial charge in [-0.15, -0.1) is 0 Å². The molecule has 1 unspecified atom stereocenters. The van der Waals surface area contributed by atoms with Crippen LogP contribution in [0.15, 0.2) is 47.6 Å². The van der Waals surface area contributed by atoms with Crippen molar-refractivity contribution in [1.29, 1.82) is 0 Å². The Morgan fingerprint density at radius 2 is 1.52 bits per heavy atom. The van der Waals surface area contributed by atoms with Crippen molar-refractivity contribution in [1.82, 2.24) is 0 Å². The third-order valence-electron chi connectivity index (χ3n) is 13.1. The van der Waals surface area contributed by atoms with Crippen LogP contribution in [0.1, 0.15) is 113 Å². The molecule has 0 saturated heterocycles. The van der Waals surface area contributed by atoms with Crippen molar-refractivity contribution in [3.63, 3.8) is 0 Å². The summed E-state index contributed by atoms with van der Waals surface area (Å²) in [5.74, 6) is 2.35. The van der Waals surface area contributed by atoms with E-state index in [9.17, 15) is 5.11 Å². The van der Waals surface area contributed by atoms with Crippen molar-refractivity contribution in [2.75, 3.05) is 0 Å². The molecule has 1 N–H and O–H groups in total. The van der Waals surface area contributed by atoms with Crippen LogP contribution in [0.2, 0.25) is 36.3 Å². The monoisotopic (exact) mass is 640 g/mol. The molecular formula is C39H68O3Si2. The van der Waals surface area contributed by atoms with Gasteiger partial charge in [-0.05, 0) is 128 Å². The first kappa shape index (κ1) is 36.1. The van der Waals surface area contributed by atoms with Gasteiger partial charge in [-0.25, -0.2) is 0 Å². The van der Waals surface area contributed by atoms with Crippen molar-refractivity contribution in [2.24, 2.45) is 29.1 Å². The van der Waals surface area contributed by atoms with Crippen LogP contribution >= 0.6 is 0 Å². The third-order valence-corrected chi connectivity index (χ3v) is 22.1. The summed E-state index contributed by atoms with van der Waals surface area (Å²) in [7, 11) is -3.90. The summed E-state index contributed by atoms with van der Waals surface area (Å²) in [6.07, 6.45) is 19.9. The molecule has 0 bridgehead atoms. The Hall–Kier alpha value is -0.726. The fourth-order valence-electron chi connectivity index (χ4n) is 7.93. The largest absolute Gasteiger partial charge is 0.413 e. The van der Waals surface area contributed by atoms with Crippen molar-refractivity contribution in [3.05, 3.63) is 47.6 Å². The first-order valence-corrected chi connectivity index (χ1v) is 23.8. The van der Waals surface area contributed by atoms with Gasteiger partial charge in [0.2, 0.25) is 0 Å². The molecule has 7 atom stereocenters. The topological polar surface area (TPSA) is 38.7 Å². The van der Waals surface area contributed by atoms with E-state index < -0.39 is 16.6 Å². The van der Waals surface area contributed by atoms with E-state index in [2.05, 4.69) is 112 Å². The van der Waals surface area contributed by atoms with E-state index in [0.29, 0.717) is 29.1 Å². The van der Waals surface area contributed by atoms with Gasteiger partial charge in [0.1, 0.15) is 0 Å². The predicted molar refractivity (Wildman–Crippen MR) is 194 cm³/mol. The molecular weight excluding hydrogens is 573 g/mol. The number of allylic oxidation sites excluding steroid dienone is 4. The Kier molecular flexibility index (Phi) is 10.7. The van der Waals surface area contributed by atoms with Crippen molar-refractivity contribution < 1.29 is 14.0 Å². The Morgan fingerprint density at radius 1 is 0.909 bits per heavy atom. The van der Waals surface area contributed by atoms with Crippen LogP contribution in [0.3, 0.4) is 0 Å². The van der Waals surface area contributed by atoms with E-state index in [1.807, 2.05) is 0 Å². The lowest BCUT2D eigenvalue weighted by molar-refractivity contribution is 0.0969. The minimum atomic E-state index is -1.98. The van der Waals surface area contributed by atoms with Gasteiger partial charge in [0.25, 0.3) is 0 Å². The van der Waals surface area contributed by atoms with Crippen molar-refractivity contribution in [3.8, 4) is 0 Å². The Bertz CT molecular complexity index is 1130. The maximum absolute atomic E-state index is 10.5. The van der Waals surface area contributed by atoms with E-state index in [0.717, 1.165) is 12.8 Å². The summed E-state index contributed by atoms with van der Waals surface area (Å²) in [6.45, 7) is 33.2. The quantitative estimate of drug-likeness (QED) is 0.201. The number of hydrogen-bond donors (Lipinski definition) is 1. The standard InChI is InChI=1S/C39H68O3Si2/c1-27(16-23-35(40)30-18-19-30)33-21-22-34-29(15-14-24-39(33,34)9)17-20-31-25-32(41-43(10,11)37(3,4)5)26-36(28(31)2)42-44(12,13)38(6,7)8/h16-17,20,23,27,30,32-36,40H,2,14-15,18-19,21-22,24-26H2,1,3-13H3/b23-16+,29-17+,31-20+/t27-,32-,33-,34+,35+,36?,39-/m1/s1. The first-order chi connectivity index (χ1) is 20.2. The lowest BCUT2D eigenvalue weighted by Crippen LogP contribution is -2.49. The molecule has 0 amide bonds. The highest BCUT2D eigenvalue weighted by Crippen LogP contribution is 2.59. The number of fused-ring (bicyclic) bond motifs is 1. The maximum atomic E-state index is 10.5. The average molecular weight is 641 g/mol. The minimum Gasteiger partial charge on any atom is -0.413 e. The van der Waals surface area contributed by atoms with Gasteiger partial charge < -0.3 is 14.0 Å². The van der Waals surface area contributed by atoms with E-state index in [-0.39, 0.29) is 28.4 Å². The van der Waals surface area contributed by atoms with Crippen LogP contribution in [-0.4, -0.2) is 40.1 Å². The molecule has 250 valence electrons. The summed E-state index contributed by atoms with van der Waals surface area (Å²) in [5, 5.41) is 10.8. The van der Waals surface area contributed by atoms with Gasteiger partial charge >= 0.3 is 0 Å². The van der Waals surface area contributed by atoms with E-state index >= 15 is 0 Å². The second-order valence-electron chi connectivity index (χ2n) is 18.4. The second-order valence-corrected chi connectivity index (χ2v) is 27.9. The van der Waals surface area contributed by atoms with Gasteiger partial charge in [0.15, 0.2) is 16.6 Å². The fraction of sp³-hybridized carbons (Fsp3) is 0.795. The summed E-state index contributed by atoms with van der Waals surface area (Å²) in [5.41, 5.74) is 4.49. The van der Waals surface area contributed by atoms with Crippen LogP contribution in [0.5, 0.6) is 0 Å². The highest BCUT2D eigenvalue weighted by Gasteiger charge is 2.50. The number of aliphatic hydroxyl groups is 1. The molecule has 4 fully saturated rings. The van der Waals surface area contributed by atoms with Crippen LogP contribution < -0.4 is 0 Å². The molecule has 5 heteroatoms. The molecule has 0 aliphatic heterocycles. The number of hydrogen-bond acceptors (Lipinski definition) is 3. The molecule has 44 heavy (non-hydrogen) atoms. The SMILES string of the molecule is C=C1/C(=C/C=C2\CCC[C@]3(C)[C@@H]([C@H](C)/C=C/[C@H](O)C4CC4)CC[C@@H]23)C[C@@H](O[Si](C)(C)C(C)(C)C)CC1O[Si](C)(C)C(C)(C)C. The van der Waals surface area contributed by atoms with E-state index in [1.54, 1.807) is 5.57 Å². The van der Waals surface area contributed by atoms with Crippen LogP contribution in [0, 0.1) is 29.1 Å². The molecule has 0 aromatic carbocycles. The van der Waals surface area contributed by atoms with Crippen LogP contribution in [-0.2, 0) is 8.85 Å². The summed E-state index contributed by atoms with van der Waals surface area (Å²) in [6, 6.07) is 0. The van der Waals surface area contributed by atoms with Gasteiger partial charge in [-0.1, -0.05) is 91.8 Å². The van der Waals surface area contributed by atoms with Gasteiger partial charge in [-0.3, -0.25) is 0 Å². The number of aliphatic hydroxyl groups excluding tert-OH is 1. The fourth-order valence-corrected chi connectivity index (χ4v) is 10.6. The molecule has 0 radical (unpaired) electrons. The van der Waals surface area contributed by atoms with Crippen molar-refractivity contribution >= 4 is 16.6 Å². The van der Waals surface area contributed by atoms with Crippen LogP contribution in [0.4, 0.5) is 0 Å². The number of rotatable bonds is 9.